The maximum absolute atomic E-state index is 14.4. The fourth-order valence-electron chi connectivity index (χ4n) is 2.52. The molecule has 4 heteroatoms. The van der Waals surface area contributed by atoms with Crippen LogP contribution in [0.3, 0.4) is 0 Å². The fourth-order valence-corrected chi connectivity index (χ4v) is 2.52. The smallest absolute Gasteiger partial charge is 0.170 e. The maximum Gasteiger partial charge on any atom is 0.170 e. The summed E-state index contributed by atoms with van der Waals surface area (Å²) in [6, 6.07) is 10.6. The first-order chi connectivity index (χ1) is 9.60. The summed E-state index contributed by atoms with van der Waals surface area (Å²) in [5.41, 5.74) is 6.31. The van der Waals surface area contributed by atoms with Gasteiger partial charge in [0.1, 0.15) is 0 Å². The number of ether oxygens (including phenoxy) is 1. The predicted molar refractivity (Wildman–Crippen MR) is 78.0 cm³/mol. The van der Waals surface area contributed by atoms with Crippen molar-refractivity contribution in [1.29, 1.82) is 0 Å². The molecular formula is C16H19FN2O. The highest BCUT2D eigenvalue weighted by Gasteiger charge is 2.21. The molecule has 0 fully saturated rings. The molecule has 0 bridgehead atoms. The van der Waals surface area contributed by atoms with Crippen molar-refractivity contribution in [2.24, 2.45) is 5.84 Å². The number of methoxy groups -OCH3 is 1. The highest BCUT2D eigenvalue weighted by molar-refractivity contribution is 5.44. The largest absolute Gasteiger partial charge is 0.494 e. The molecule has 0 radical (unpaired) electrons. The second-order valence-corrected chi connectivity index (χ2v) is 4.77. The van der Waals surface area contributed by atoms with Crippen molar-refractivity contribution in [3.63, 3.8) is 0 Å². The van der Waals surface area contributed by atoms with Gasteiger partial charge in [-0.2, -0.15) is 0 Å². The molecule has 3 nitrogen and oxygen atoms in total. The molecule has 0 saturated heterocycles. The molecule has 0 saturated carbocycles. The number of hydrazine groups is 1. The average Bonchev–Trinajstić information content (AvgIpc) is 2.44. The van der Waals surface area contributed by atoms with Crippen LogP contribution in [0.4, 0.5) is 4.39 Å². The summed E-state index contributed by atoms with van der Waals surface area (Å²) in [6.45, 7) is 3.98. The SMILES string of the molecule is COc1cccc(C(NN)c2c(C)cccc2C)c1F. The number of halogens is 1. The zero-order chi connectivity index (χ0) is 14.7. The van der Waals surface area contributed by atoms with E-state index in [1.165, 1.54) is 7.11 Å². The summed E-state index contributed by atoms with van der Waals surface area (Å²) >= 11 is 0. The van der Waals surface area contributed by atoms with E-state index in [1.807, 2.05) is 32.0 Å². The lowest BCUT2D eigenvalue weighted by atomic mass is 9.91. The molecule has 2 rings (SSSR count). The zero-order valence-electron chi connectivity index (χ0n) is 11.9. The molecule has 0 aromatic heterocycles. The molecular weight excluding hydrogens is 255 g/mol. The van der Waals surface area contributed by atoms with Gasteiger partial charge in [-0.3, -0.25) is 5.84 Å². The van der Waals surface area contributed by atoms with Crippen molar-refractivity contribution in [3.05, 3.63) is 64.5 Å². The van der Waals surface area contributed by atoms with Crippen molar-refractivity contribution < 1.29 is 9.13 Å². The van der Waals surface area contributed by atoms with Gasteiger partial charge in [0, 0.05) is 5.56 Å². The van der Waals surface area contributed by atoms with E-state index in [9.17, 15) is 4.39 Å². The molecule has 2 aromatic rings. The van der Waals surface area contributed by atoms with Crippen molar-refractivity contribution in [3.8, 4) is 5.75 Å². The third-order valence-corrected chi connectivity index (χ3v) is 3.52. The minimum absolute atomic E-state index is 0.217. The van der Waals surface area contributed by atoms with Gasteiger partial charge in [-0.15, -0.1) is 0 Å². The van der Waals surface area contributed by atoms with Crippen LogP contribution < -0.4 is 16.0 Å². The molecule has 106 valence electrons. The quantitative estimate of drug-likeness (QED) is 0.665. The van der Waals surface area contributed by atoms with E-state index in [-0.39, 0.29) is 11.6 Å². The lowest BCUT2D eigenvalue weighted by molar-refractivity contribution is 0.381. The molecule has 0 aliphatic rings. The second kappa shape index (κ2) is 6.03. The Labute approximate surface area is 118 Å². The van der Waals surface area contributed by atoms with Gasteiger partial charge in [-0.1, -0.05) is 30.3 Å². The van der Waals surface area contributed by atoms with Crippen LogP contribution in [0.15, 0.2) is 36.4 Å². The van der Waals surface area contributed by atoms with Crippen LogP contribution in [0.5, 0.6) is 5.75 Å². The number of hydrogen-bond acceptors (Lipinski definition) is 3. The van der Waals surface area contributed by atoms with E-state index in [4.69, 9.17) is 10.6 Å². The van der Waals surface area contributed by atoms with E-state index >= 15 is 0 Å². The Bertz CT molecular complexity index is 593. The normalized spacial score (nSPS) is 12.2. The van der Waals surface area contributed by atoms with Crippen molar-refractivity contribution in [2.45, 2.75) is 19.9 Å². The van der Waals surface area contributed by atoms with Gasteiger partial charge in [-0.05, 0) is 36.6 Å². The van der Waals surface area contributed by atoms with Gasteiger partial charge in [-0.25, -0.2) is 9.82 Å². The maximum atomic E-state index is 14.4. The van der Waals surface area contributed by atoms with Crippen molar-refractivity contribution >= 4 is 0 Å². The average molecular weight is 274 g/mol. The highest BCUT2D eigenvalue weighted by Crippen LogP contribution is 2.31. The topological polar surface area (TPSA) is 47.3 Å². The van der Waals surface area contributed by atoms with Gasteiger partial charge in [0.15, 0.2) is 11.6 Å². The lowest BCUT2D eigenvalue weighted by Crippen LogP contribution is -2.30. The van der Waals surface area contributed by atoms with Gasteiger partial charge >= 0.3 is 0 Å². The number of nitrogens with two attached hydrogens (primary N) is 1. The third-order valence-electron chi connectivity index (χ3n) is 3.52. The molecule has 0 aliphatic carbocycles. The molecule has 1 atom stereocenters. The number of nitrogens with one attached hydrogen (secondary N) is 1. The first-order valence-electron chi connectivity index (χ1n) is 6.44. The Kier molecular flexibility index (Phi) is 4.37. The van der Waals surface area contributed by atoms with E-state index in [2.05, 4.69) is 5.43 Å². The van der Waals surface area contributed by atoms with Crippen LogP contribution in [0.1, 0.15) is 28.3 Å². The molecule has 0 amide bonds. The molecule has 1 unspecified atom stereocenters. The standard InChI is InChI=1S/C16H19FN2O/c1-10-6-4-7-11(2)14(10)16(19-18)12-8-5-9-13(20-3)15(12)17/h4-9,16,19H,18H2,1-3H3. The summed E-state index contributed by atoms with van der Waals surface area (Å²) < 4.78 is 19.5. The number of benzene rings is 2. The number of hydrogen-bond donors (Lipinski definition) is 2. The van der Waals surface area contributed by atoms with Gasteiger partial charge < -0.3 is 4.74 Å². The Hall–Kier alpha value is -1.91. The van der Waals surface area contributed by atoms with Gasteiger partial charge in [0.25, 0.3) is 0 Å². The van der Waals surface area contributed by atoms with Crippen LogP contribution >= 0.6 is 0 Å². The molecule has 0 heterocycles. The Morgan fingerprint density at radius 1 is 1.10 bits per heavy atom. The van der Waals surface area contributed by atoms with Crippen LogP contribution in [-0.2, 0) is 0 Å². The predicted octanol–water partition coefficient (Wildman–Crippen LogP) is 3.00. The van der Waals surface area contributed by atoms with Gasteiger partial charge in [0.05, 0.1) is 13.2 Å². The summed E-state index contributed by atoms with van der Waals surface area (Å²) in [5.74, 6) is 5.51. The second-order valence-electron chi connectivity index (χ2n) is 4.77. The zero-order valence-corrected chi connectivity index (χ0v) is 11.9. The van der Waals surface area contributed by atoms with E-state index in [1.54, 1.807) is 18.2 Å². The minimum Gasteiger partial charge on any atom is -0.494 e. The minimum atomic E-state index is -0.411. The number of rotatable bonds is 4. The number of aryl methyl sites for hydroxylation is 2. The van der Waals surface area contributed by atoms with Crippen LogP contribution in [-0.4, -0.2) is 7.11 Å². The summed E-state index contributed by atoms with van der Waals surface area (Å²) in [6.07, 6.45) is 0. The van der Waals surface area contributed by atoms with E-state index < -0.39 is 6.04 Å². The third kappa shape index (κ3) is 2.53. The Balaban J connectivity index is 2.59. The summed E-state index contributed by atoms with van der Waals surface area (Å²) in [5, 5.41) is 0. The fraction of sp³-hybridized carbons (Fsp3) is 0.250. The van der Waals surface area contributed by atoms with Crippen LogP contribution in [0.25, 0.3) is 0 Å². The molecule has 2 aromatic carbocycles. The lowest BCUT2D eigenvalue weighted by Gasteiger charge is -2.22. The molecule has 0 aliphatic heterocycles. The monoisotopic (exact) mass is 274 g/mol. The van der Waals surface area contributed by atoms with E-state index in [0.717, 1.165) is 16.7 Å². The molecule has 3 N–H and O–H groups in total. The van der Waals surface area contributed by atoms with E-state index in [0.29, 0.717) is 5.56 Å². The van der Waals surface area contributed by atoms with Crippen molar-refractivity contribution in [1.82, 2.24) is 5.43 Å². The Morgan fingerprint density at radius 2 is 1.70 bits per heavy atom. The summed E-state index contributed by atoms with van der Waals surface area (Å²) in [4.78, 5) is 0. The Morgan fingerprint density at radius 3 is 2.25 bits per heavy atom. The highest BCUT2D eigenvalue weighted by atomic mass is 19.1. The summed E-state index contributed by atoms with van der Waals surface area (Å²) in [7, 11) is 1.45. The molecule has 0 spiro atoms. The van der Waals surface area contributed by atoms with Crippen LogP contribution in [0.2, 0.25) is 0 Å². The van der Waals surface area contributed by atoms with Gasteiger partial charge in [0.2, 0.25) is 0 Å². The first kappa shape index (κ1) is 14.5. The first-order valence-corrected chi connectivity index (χ1v) is 6.44. The molecule has 20 heavy (non-hydrogen) atoms. The van der Waals surface area contributed by atoms with Crippen LogP contribution in [0, 0.1) is 19.7 Å². The van der Waals surface area contributed by atoms with Crippen molar-refractivity contribution in [2.75, 3.05) is 7.11 Å².